The molecule has 0 spiro atoms. The Balaban J connectivity index is 2.03. The second-order valence-corrected chi connectivity index (χ2v) is 4.87. The highest BCUT2D eigenvalue weighted by Crippen LogP contribution is 2.32. The second-order valence-electron chi connectivity index (χ2n) is 4.87. The predicted octanol–water partition coefficient (Wildman–Crippen LogP) is 3.13. The number of anilines is 1. The van der Waals surface area contributed by atoms with Crippen LogP contribution in [0.15, 0.2) is 18.2 Å². The SMILES string of the molecule is Cc1[nH]c2c(NC(=O)C3CC3)cccc2c1C. The fraction of sp³-hybridized carbons (Fsp3) is 0.357. The van der Waals surface area contributed by atoms with Crippen molar-refractivity contribution in [2.24, 2.45) is 5.92 Å². The Bertz CT molecular complexity index is 594. The highest BCUT2D eigenvalue weighted by atomic mass is 16.2. The van der Waals surface area contributed by atoms with Gasteiger partial charge in [-0.15, -0.1) is 0 Å². The van der Waals surface area contributed by atoms with Crippen LogP contribution in [0.1, 0.15) is 24.1 Å². The monoisotopic (exact) mass is 228 g/mol. The van der Waals surface area contributed by atoms with Crippen molar-refractivity contribution in [2.75, 3.05) is 5.32 Å². The minimum atomic E-state index is 0.155. The zero-order valence-electron chi connectivity index (χ0n) is 10.1. The lowest BCUT2D eigenvalue weighted by Crippen LogP contribution is -2.13. The standard InChI is InChI=1S/C14H16N2O/c1-8-9(2)15-13-11(8)4-3-5-12(13)16-14(17)10-6-7-10/h3-5,10,15H,6-7H2,1-2H3,(H,16,17). The first kappa shape index (κ1) is 10.4. The molecule has 17 heavy (non-hydrogen) atoms. The van der Waals surface area contributed by atoms with Crippen LogP contribution >= 0.6 is 0 Å². The molecule has 1 fully saturated rings. The van der Waals surface area contributed by atoms with Crippen LogP contribution in [0.3, 0.4) is 0 Å². The summed E-state index contributed by atoms with van der Waals surface area (Å²) in [4.78, 5) is 15.1. The van der Waals surface area contributed by atoms with Crippen LogP contribution in [0.4, 0.5) is 5.69 Å². The van der Waals surface area contributed by atoms with Crippen molar-refractivity contribution < 1.29 is 4.79 Å². The van der Waals surface area contributed by atoms with Gasteiger partial charge in [0.1, 0.15) is 0 Å². The summed E-state index contributed by atoms with van der Waals surface area (Å²) in [5, 5.41) is 4.21. The van der Waals surface area contributed by atoms with Crippen molar-refractivity contribution in [1.29, 1.82) is 0 Å². The van der Waals surface area contributed by atoms with Gasteiger partial charge in [-0.1, -0.05) is 12.1 Å². The van der Waals surface area contributed by atoms with E-state index in [1.165, 1.54) is 10.9 Å². The van der Waals surface area contributed by atoms with Crippen molar-refractivity contribution in [2.45, 2.75) is 26.7 Å². The van der Waals surface area contributed by atoms with Crippen molar-refractivity contribution in [3.63, 3.8) is 0 Å². The highest BCUT2D eigenvalue weighted by molar-refractivity contribution is 6.03. The van der Waals surface area contributed by atoms with E-state index in [1.807, 2.05) is 12.1 Å². The number of fused-ring (bicyclic) bond motifs is 1. The quantitative estimate of drug-likeness (QED) is 0.815. The van der Waals surface area contributed by atoms with Crippen LogP contribution < -0.4 is 5.32 Å². The van der Waals surface area contributed by atoms with E-state index in [9.17, 15) is 4.79 Å². The Hall–Kier alpha value is -1.77. The Labute approximate surface area is 100 Å². The van der Waals surface area contributed by atoms with Gasteiger partial charge in [0.25, 0.3) is 0 Å². The molecule has 1 amide bonds. The lowest BCUT2D eigenvalue weighted by Gasteiger charge is -2.05. The Morgan fingerprint density at radius 2 is 2.12 bits per heavy atom. The van der Waals surface area contributed by atoms with Gasteiger partial charge in [0.05, 0.1) is 11.2 Å². The van der Waals surface area contributed by atoms with Crippen LogP contribution in [0.5, 0.6) is 0 Å². The summed E-state index contributed by atoms with van der Waals surface area (Å²) >= 11 is 0. The Morgan fingerprint density at radius 1 is 1.35 bits per heavy atom. The number of hydrogen-bond donors (Lipinski definition) is 2. The first-order chi connectivity index (χ1) is 8.16. The summed E-state index contributed by atoms with van der Waals surface area (Å²) in [5.74, 6) is 0.393. The summed E-state index contributed by atoms with van der Waals surface area (Å²) in [5.41, 5.74) is 4.35. The number of hydrogen-bond acceptors (Lipinski definition) is 1. The predicted molar refractivity (Wildman–Crippen MR) is 69.1 cm³/mol. The summed E-state index contributed by atoms with van der Waals surface area (Å²) in [6, 6.07) is 6.03. The van der Waals surface area contributed by atoms with Gasteiger partial charge in [-0.3, -0.25) is 4.79 Å². The number of H-pyrrole nitrogens is 1. The zero-order valence-corrected chi connectivity index (χ0v) is 10.1. The molecule has 1 aliphatic rings. The maximum atomic E-state index is 11.8. The Morgan fingerprint density at radius 3 is 2.82 bits per heavy atom. The number of carbonyl (C=O) groups is 1. The number of amides is 1. The number of para-hydroxylation sites is 1. The first-order valence-corrected chi connectivity index (χ1v) is 6.05. The maximum absolute atomic E-state index is 11.8. The minimum absolute atomic E-state index is 0.155. The van der Waals surface area contributed by atoms with Gasteiger partial charge in [0.2, 0.25) is 5.91 Å². The molecule has 3 nitrogen and oxygen atoms in total. The third kappa shape index (κ3) is 1.71. The van der Waals surface area contributed by atoms with E-state index in [-0.39, 0.29) is 11.8 Å². The van der Waals surface area contributed by atoms with E-state index in [0.29, 0.717) is 0 Å². The van der Waals surface area contributed by atoms with Crippen LogP contribution in [0.25, 0.3) is 10.9 Å². The maximum Gasteiger partial charge on any atom is 0.227 e. The molecular formula is C14H16N2O. The van der Waals surface area contributed by atoms with Crippen LogP contribution in [0, 0.1) is 19.8 Å². The number of rotatable bonds is 2. The largest absolute Gasteiger partial charge is 0.357 e. The van der Waals surface area contributed by atoms with E-state index in [2.05, 4.69) is 30.2 Å². The average Bonchev–Trinajstić information content (AvgIpc) is 3.10. The van der Waals surface area contributed by atoms with Gasteiger partial charge >= 0.3 is 0 Å². The van der Waals surface area contributed by atoms with Crippen molar-refractivity contribution in [3.05, 3.63) is 29.5 Å². The third-order valence-corrected chi connectivity index (χ3v) is 3.55. The van der Waals surface area contributed by atoms with Crippen LogP contribution in [-0.4, -0.2) is 10.9 Å². The summed E-state index contributed by atoms with van der Waals surface area (Å²) < 4.78 is 0. The molecule has 0 atom stereocenters. The van der Waals surface area contributed by atoms with Crippen molar-refractivity contribution >= 4 is 22.5 Å². The molecule has 0 saturated heterocycles. The fourth-order valence-corrected chi connectivity index (χ4v) is 2.17. The second kappa shape index (κ2) is 3.62. The van der Waals surface area contributed by atoms with E-state index >= 15 is 0 Å². The van der Waals surface area contributed by atoms with E-state index in [4.69, 9.17) is 0 Å². The van der Waals surface area contributed by atoms with E-state index < -0.39 is 0 Å². The van der Waals surface area contributed by atoms with Crippen molar-refractivity contribution in [1.82, 2.24) is 4.98 Å². The highest BCUT2D eigenvalue weighted by Gasteiger charge is 2.29. The number of nitrogens with one attached hydrogen (secondary N) is 2. The molecule has 0 aliphatic heterocycles. The molecule has 1 heterocycles. The smallest absolute Gasteiger partial charge is 0.227 e. The summed E-state index contributed by atoms with van der Waals surface area (Å²) in [7, 11) is 0. The number of benzene rings is 1. The molecule has 0 unspecified atom stereocenters. The Kier molecular flexibility index (Phi) is 2.21. The average molecular weight is 228 g/mol. The van der Waals surface area contributed by atoms with Gasteiger partial charge in [0.15, 0.2) is 0 Å². The number of carbonyl (C=O) groups excluding carboxylic acids is 1. The van der Waals surface area contributed by atoms with Gasteiger partial charge in [-0.2, -0.15) is 0 Å². The third-order valence-electron chi connectivity index (χ3n) is 3.55. The molecule has 2 aromatic rings. The molecule has 1 aliphatic carbocycles. The normalized spacial score (nSPS) is 15.2. The number of aryl methyl sites for hydroxylation is 2. The van der Waals surface area contributed by atoms with Crippen LogP contribution in [0.2, 0.25) is 0 Å². The molecule has 1 aromatic carbocycles. The number of aromatic nitrogens is 1. The number of aromatic amines is 1. The summed E-state index contributed by atoms with van der Waals surface area (Å²) in [6.45, 7) is 4.16. The molecule has 3 rings (SSSR count). The summed E-state index contributed by atoms with van der Waals surface area (Å²) in [6.07, 6.45) is 2.06. The van der Waals surface area contributed by atoms with Gasteiger partial charge in [-0.25, -0.2) is 0 Å². The minimum Gasteiger partial charge on any atom is -0.357 e. The van der Waals surface area contributed by atoms with Gasteiger partial charge in [-0.05, 0) is 38.3 Å². The molecule has 0 bridgehead atoms. The fourth-order valence-electron chi connectivity index (χ4n) is 2.17. The van der Waals surface area contributed by atoms with Crippen molar-refractivity contribution in [3.8, 4) is 0 Å². The lowest BCUT2D eigenvalue weighted by molar-refractivity contribution is -0.117. The molecule has 1 saturated carbocycles. The first-order valence-electron chi connectivity index (χ1n) is 6.05. The zero-order chi connectivity index (χ0) is 12.0. The van der Waals surface area contributed by atoms with E-state index in [0.717, 1.165) is 29.7 Å². The molecule has 0 radical (unpaired) electrons. The van der Waals surface area contributed by atoms with E-state index in [1.54, 1.807) is 0 Å². The molecule has 88 valence electrons. The van der Waals surface area contributed by atoms with Gasteiger partial charge < -0.3 is 10.3 Å². The molecular weight excluding hydrogens is 212 g/mol. The molecule has 2 N–H and O–H groups in total. The topological polar surface area (TPSA) is 44.9 Å². The van der Waals surface area contributed by atoms with Crippen LogP contribution in [-0.2, 0) is 4.79 Å². The lowest BCUT2D eigenvalue weighted by atomic mass is 10.1. The van der Waals surface area contributed by atoms with Gasteiger partial charge in [0, 0.05) is 17.0 Å². The molecule has 1 aromatic heterocycles. The molecule has 3 heteroatoms.